The maximum absolute atomic E-state index is 13.1. The molecule has 9 nitrogen and oxygen atoms in total. The van der Waals surface area contributed by atoms with Gasteiger partial charge in [-0.05, 0) is 37.3 Å². The zero-order chi connectivity index (χ0) is 23.4. The molecule has 2 amide bonds. The van der Waals surface area contributed by atoms with Gasteiger partial charge in [0.25, 0.3) is 17.4 Å². The molecule has 1 aromatic heterocycles. The number of rotatable bonds is 8. The molecular weight excluding hydrogens is 459 g/mol. The van der Waals surface area contributed by atoms with Crippen molar-refractivity contribution in [1.82, 2.24) is 14.9 Å². The summed E-state index contributed by atoms with van der Waals surface area (Å²) in [5.41, 5.74) is 5.43. The highest BCUT2D eigenvalue weighted by atomic mass is 35.5. The Labute approximate surface area is 193 Å². The first kappa shape index (κ1) is 23.4. The van der Waals surface area contributed by atoms with Crippen LogP contribution >= 0.6 is 23.2 Å². The summed E-state index contributed by atoms with van der Waals surface area (Å²) in [6.45, 7) is 1.77. The van der Waals surface area contributed by atoms with E-state index in [9.17, 15) is 14.4 Å². The number of fused-ring (bicyclic) bond motifs is 1. The Hall–Kier alpha value is -3.30. The number of ether oxygens (including phenoxy) is 2. The Balaban J connectivity index is 1.90. The molecule has 0 bridgehead atoms. The molecule has 2 aromatic carbocycles. The van der Waals surface area contributed by atoms with Crippen molar-refractivity contribution in [3.8, 4) is 11.5 Å². The second-order valence-electron chi connectivity index (χ2n) is 6.74. The number of halogens is 2. The minimum absolute atomic E-state index is 0.0485. The van der Waals surface area contributed by atoms with E-state index < -0.39 is 12.5 Å². The standard InChI is InChI=1S/C21H20Cl2N4O5/c1-3-27(9-18-25-15-8-12(22)4-5-13(15)20(29)26-18)21(30)11-6-14(23)19(16(7-11)31-2)32-10-17(24)28/h4-8H,3,9-10H2,1-2H3,(H2,24,28)(H,25,26,29). The number of carbonyl (C=O) groups is 2. The van der Waals surface area contributed by atoms with E-state index in [1.54, 1.807) is 25.1 Å². The average Bonchev–Trinajstić information content (AvgIpc) is 2.75. The second-order valence-corrected chi connectivity index (χ2v) is 7.58. The van der Waals surface area contributed by atoms with E-state index in [-0.39, 0.29) is 40.1 Å². The highest BCUT2D eigenvalue weighted by Crippen LogP contribution is 2.36. The van der Waals surface area contributed by atoms with Crippen LogP contribution in [0.2, 0.25) is 10.0 Å². The summed E-state index contributed by atoms with van der Waals surface area (Å²) in [4.78, 5) is 45.1. The Morgan fingerprint density at radius 1 is 1.22 bits per heavy atom. The van der Waals surface area contributed by atoms with Gasteiger partial charge in [-0.2, -0.15) is 0 Å². The van der Waals surface area contributed by atoms with E-state index in [2.05, 4.69) is 9.97 Å². The highest BCUT2D eigenvalue weighted by Gasteiger charge is 2.21. The van der Waals surface area contributed by atoms with Crippen LogP contribution in [0.1, 0.15) is 23.1 Å². The third kappa shape index (κ3) is 5.12. The van der Waals surface area contributed by atoms with Gasteiger partial charge in [0.1, 0.15) is 5.82 Å². The largest absolute Gasteiger partial charge is 0.493 e. The molecule has 0 saturated carbocycles. The van der Waals surface area contributed by atoms with Crippen LogP contribution in [-0.2, 0) is 11.3 Å². The monoisotopic (exact) mass is 478 g/mol. The van der Waals surface area contributed by atoms with Gasteiger partial charge in [0.15, 0.2) is 18.1 Å². The lowest BCUT2D eigenvalue weighted by atomic mass is 10.1. The van der Waals surface area contributed by atoms with Gasteiger partial charge >= 0.3 is 0 Å². The topological polar surface area (TPSA) is 128 Å². The predicted octanol–water partition coefficient (Wildman–Crippen LogP) is 2.76. The number of hydrogen-bond donors (Lipinski definition) is 2. The fourth-order valence-electron chi connectivity index (χ4n) is 3.05. The molecule has 11 heteroatoms. The lowest BCUT2D eigenvalue weighted by Crippen LogP contribution is -2.32. The first-order chi connectivity index (χ1) is 15.2. The molecule has 0 radical (unpaired) electrons. The fourth-order valence-corrected chi connectivity index (χ4v) is 3.48. The van der Waals surface area contributed by atoms with Gasteiger partial charge in [-0.1, -0.05) is 23.2 Å². The normalized spacial score (nSPS) is 10.8. The number of nitrogens with one attached hydrogen (secondary N) is 1. The van der Waals surface area contributed by atoms with Gasteiger partial charge in [0, 0.05) is 17.1 Å². The lowest BCUT2D eigenvalue weighted by Gasteiger charge is -2.21. The molecule has 0 spiro atoms. The van der Waals surface area contributed by atoms with Crippen molar-refractivity contribution >= 4 is 45.9 Å². The van der Waals surface area contributed by atoms with Crippen molar-refractivity contribution in [2.45, 2.75) is 13.5 Å². The van der Waals surface area contributed by atoms with Crippen molar-refractivity contribution in [2.75, 3.05) is 20.3 Å². The van der Waals surface area contributed by atoms with Crippen LogP contribution in [0.15, 0.2) is 35.1 Å². The summed E-state index contributed by atoms with van der Waals surface area (Å²) >= 11 is 12.3. The Kier molecular flexibility index (Phi) is 7.22. The first-order valence-corrected chi connectivity index (χ1v) is 10.3. The van der Waals surface area contributed by atoms with E-state index in [0.29, 0.717) is 28.3 Å². The van der Waals surface area contributed by atoms with E-state index >= 15 is 0 Å². The van der Waals surface area contributed by atoms with Crippen molar-refractivity contribution < 1.29 is 19.1 Å². The molecule has 32 heavy (non-hydrogen) atoms. The number of primary amides is 1. The smallest absolute Gasteiger partial charge is 0.258 e. The first-order valence-electron chi connectivity index (χ1n) is 9.49. The fraction of sp³-hybridized carbons (Fsp3) is 0.238. The summed E-state index contributed by atoms with van der Waals surface area (Å²) in [5.74, 6) is -0.476. The number of aromatic nitrogens is 2. The van der Waals surface area contributed by atoms with Gasteiger partial charge < -0.3 is 25.1 Å². The van der Waals surface area contributed by atoms with Crippen LogP contribution in [0.25, 0.3) is 10.9 Å². The van der Waals surface area contributed by atoms with Gasteiger partial charge in [-0.15, -0.1) is 0 Å². The molecule has 0 aliphatic rings. The number of nitrogens with zero attached hydrogens (tertiary/aromatic N) is 2. The SMILES string of the molecule is CCN(Cc1nc2cc(Cl)ccc2c(=O)[nH]1)C(=O)c1cc(Cl)c(OCC(N)=O)c(OC)c1. The maximum Gasteiger partial charge on any atom is 0.258 e. The molecule has 0 fully saturated rings. The maximum atomic E-state index is 13.1. The van der Waals surface area contributed by atoms with Crippen molar-refractivity contribution in [3.05, 3.63) is 62.1 Å². The van der Waals surface area contributed by atoms with Crippen LogP contribution in [-0.4, -0.2) is 46.9 Å². The van der Waals surface area contributed by atoms with Crippen LogP contribution < -0.4 is 20.8 Å². The van der Waals surface area contributed by atoms with Gasteiger partial charge in [0.2, 0.25) is 0 Å². The van der Waals surface area contributed by atoms with Gasteiger partial charge in [-0.25, -0.2) is 4.98 Å². The molecule has 3 aromatic rings. The Bertz CT molecular complexity index is 1240. The number of methoxy groups -OCH3 is 1. The molecule has 0 aliphatic heterocycles. The van der Waals surface area contributed by atoms with Crippen molar-refractivity contribution in [3.63, 3.8) is 0 Å². The highest BCUT2D eigenvalue weighted by molar-refractivity contribution is 6.32. The van der Waals surface area contributed by atoms with Crippen LogP contribution in [0.3, 0.4) is 0 Å². The lowest BCUT2D eigenvalue weighted by molar-refractivity contribution is -0.119. The van der Waals surface area contributed by atoms with Gasteiger partial charge in [0.05, 0.1) is 29.6 Å². The summed E-state index contributed by atoms with van der Waals surface area (Å²) in [5, 5.41) is 0.929. The van der Waals surface area contributed by atoms with Crippen LogP contribution in [0.5, 0.6) is 11.5 Å². The number of aromatic amines is 1. The van der Waals surface area contributed by atoms with E-state index in [1.165, 1.54) is 24.1 Å². The number of H-pyrrole nitrogens is 1. The number of amides is 2. The number of benzene rings is 2. The number of carbonyl (C=O) groups excluding carboxylic acids is 2. The zero-order valence-corrected chi connectivity index (χ0v) is 18.8. The Morgan fingerprint density at radius 2 is 1.97 bits per heavy atom. The van der Waals surface area contributed by atoms with Crippen molar-refractivity contribution in [2.24, 2.45) is 5.73 Å². The summed E-state index contributed by atoms with van der Waals surface area (Å²) in [7, 11) is 1.38. The third-order valence-corrected chi connectivity index (χ3v) is 5.08. The number of nitrogens with two attached hydrogens (primary N) is 1. The molecule has 168 valence electrons. The minimum atomic E-state index is -0.682. The Morgan fingerprint density at radius 3 is 2.62 bits per heavy atom. The molecule has 0 saturated heterocycles. The molecule has 0 atom stereocenters. The predicted molar refractivity (Wildman–Crippen MR) is 120 cm³/mol. The van der Waals surface area contributed by atoms with Crippen LogP contribution in [0, 0.1) is 0 Å². The summed E-state index contributed by atoms with van der Waals surface area (Å²) in [6.07, 6.45) is 0. The molecule has 1 heterocycles. The third-order valence-electron chi connectivity index (χ3n) is 4.56. The summed E-state index contributed by atoms with van der Waals surface area (Å²) < 4.78 is 10.5. The minimum Gasteiger partial charge on any atom is -0.493 e. The van der Waals surface area contributed by atoms with Crippen molar-refractivity contribution in [1.29, 1.82) is 0 Å². The molecule has 0 aliphatic carbocycles. The van der Waals surface area contributed by atoms with E-state index in [0.717, 1.165) is 0 Å². The molecule has 3 rings (SSSR count). The molecule has 0 unspecified atom stereocenters. The second kappa shape index (κ2) is 9.88. The number of hydrogen-bond acceptors (Lipinski definition) is 6. The molecule has 3 N–H and O–H groups in total. The average molecular weight is 479 g/mol. The van der Waals surface area contributed by atoms with E-state index in [4.69, 9.17) is 38.4 Å². The van der Waals surface area contributed by atoms with Gasteiger partial charge in [-0.3, -0.25) is 14.4 Å². The zero-order valence-electron chi connectivity index (χ0n) is 17.3. The summed E-state index contributed by atoms with van der Waals surface area (Å²) in [6, 6.07) is 7.64. The van der Waals surface area contributed by atoms with Crippen LogP contribution in [0.4, 0.5) is 0 Å². The quantitative estimate of drug-likeness (QED) is 0.512. The molecular formula is C21H20Cl2N4O5. The van der Waals surface area contributed by atoms with E-state index in [1.807, 2.05) is 0 Å².